The van der Waals surface area contributed by atoms with Gasteiger partial charge in [0.05, 0.1) is 36.3 Å². The first-order chi connectivity index (χ1) is 19.0. The lowest BCUT2D eigenvalue weighted by molar-refractivity contribution is -0.111. The Morgan fingerprint density at radius 1 is 1.15 bits per heavy atom. The number of halogens is 1. The van der Waals surface area contributed by atoms with Gasteiger partial charge in [-0.25, -0.2) is 9.37 Å². The van der Waals surface area contributed by atoms with Crippen LogP contribution in [-0.4, -0.2) is 76.9 Å². The molecule has 3 heterocycles. The molecule has 5 rings (SSSR count). The molecular weight excluding hydrogens is 501 g/mol. The molecule has 2 aromatic heterocycles. The lowest BCUT2D eigenvalue weighted by Gasteiger charge is -2.37. The molecule has 11 heteroatoms. The van der Waals surface area contributed by atoms with Gasteiger partial charge in [-0.1, -0.05) is 6.58 Å². The van der Waals surface area contributed by atoms with E-state index in [1.807, 2.05) is 22.9 Å². The van der Waals surface area contributed by atoms with Crippen molar-refractivity contribution in [1.82, 2.24) is 19.4 Å². The lowest BCUT2D eigenvalue weighted by Crippen LogP contribution is -2.47. The molecular formula is C28H30FN7O3. The molecule has 4 aromatic rings. The Kier molecular flexibility index (Phi) is 7.71. The molecule has 1 saturated heterocycles. The van der Waals surface area contributed by atoms with Crippen LogP contribution in [0.3, 0.4) is 0 Å². The van der Waals surface area contributed by atoms with Gasteiger partial charge in [0.15, 0.2) is 0 Å². The number of methoxy groups -OCH3 is 1. The monoisotopic (exact) mass is 531 g/mol. The van der Waals surface area contributed by atoms with Crippen LogP contribution in [0.15, 0.2) is 67.5 Å². The van der Waals surface area contributed by atoms with Crippen LogP contribution in [0.5, 0.6) is 5.75 Å². The Labute approximate surface area is 225 Å². The number of carbonyl (C=O) groups is 1. The number of rotatable bonds is 9. The van der Waals surface area contributed by atoms with E-state index in [4.69, 9.17) is 4.74 Å². The van der Waals surface area contributed by atoms with Crippen LogP contribution in [0, 0.1) is 5.82 Å². The molecule has 0 spiro atoms. The average molecular weight is 532 g/mol. The van der Waals surface area contributed by atoms with Gasteiger partial charge in [-0.05, 0) is 42.5 Å². The van der Waals surface area contributed by atoms with Crippen LogP contribution >= 0.6 is 0 Å². The number of hydrogen-bond donors (Lipinski definition) is 3. The Hall–Kier alpha value is -4.48. The largest absolute Gasteiger partial charge is 0.494 e. The van der Waals surface area contributed by atoms with Crippen molar-refractivity contribution in [3.05, 3.63) is 73.3 Å². The summed E-state index contributed by atoms with van der Waals surface area (Å²) in [5, 5.41) is 16.1. The number of carbonyl (C=O) groups excluding carboxylic acids is 1. The van der Waals surface area contributed by atoms with Crippen molar-refractivity contribution in [2.75, 3.05) is 62.0 Å². The number of fused-ring (bicyclic) bond motifs is 1. The highest BCUT2D eigenvalue weighted by molar-refractivity contribution is 6.02. The highest BCUT2D eigenvalue weighted by Crippen LogP contribution is 2.38. The van der Waals surface area contributed by atoms with E-state index in [9.17, 15) is 14.3 Å². The van der Waals surface area contributed by atoms with Gasteiger partial charge in [-0.3, -0.25) is 9.69 Å². The molecule has 1 amide bonds. The summed E-state index contributed by atoms with van der Waals surface area (Å²) in [4.78, 5) is 25.7. The summed E-state index contributed by atoms with van der Waals surface area (Å²) in [6.07, 6.45) is 4.68. The number of piperazine rings is 1. The maximum Gasteiger partial charge on any atom is 0.247 e. The van der Waals surface area contributed by atoms with Gasteiger partial charge in [-0.2, -0.15) is 4.98 Å². The average Bonchev–Trinajstić information content (AvgIpc) is 3.37. The number of nitrogens with zero attached hydrogens (tertiary/aromatic N) is 5. The van der Waals surface area contributed by atoms with Crippen molar-refractivity contribution in [2.24, 2.45) is 0 Å². The van der Waals surface area contributed by atoms with E-state index in [0.717, 1.165) is 42.8 Å². The summed E-state index contributed by atoms with van der Waals surface area (Å²) in [6, 6.07) is 11.9. The molecule has 202 valence electrons. The normalized spacial score (nSPS) is 13.9. The van der Waals surface area contributed by atoms with Gasteiger partial charge in [-0.15, -0.1) is 0 Å². The highest BCUT2D eigenvalue weighted by Gasteiger charge is 2.22. The van der Waals surface area contributed by atoms with E-state index < -0.39 is 0 Å². The lowest BCUT2D eigenvalue weighted by atomic mass is 10.1. The van der Waals surface area contributed by atoms with Crippen LogP contribution in [-0.2, 0) is 4.79 Å². The van der Waals surface area contributed by atoms with Crippen LogP contribution in [0.25, 0.3) is 16.7 Å². The fraction of sp³-hybridized carbons (Fsp3) is 0.250. The molecule has 0 unspecified atom stereocenters. The van der Waals surface area contributed by atoms with Gasteiger partial charge in [0.1, 0.15) is 17.4 Å². The van der Waals surface area contributed by atoms with Crippen molar-refractivity contribution in [3.63, 3.8) is 0 Å². The van der Waals surface area contributed by atoms with E-state index >= 15 is 0 Å². The van der Waals surface area contributed by atoms with Gasteiger partial charge in [0.2, 0.25) is 11.9 Å². The first kappa shape index (κ1) is 26.1. The SMILES string of the molecule is C=CC(=O)Nc1cc(Nc2nccc(-n3ccc4cc(F)ccc43)n2)c(OC)cc1N1CCN(CCO)CC1. The van der Waals surface area contributed by atoms with Crippen molar-refractivity contribution in [2.45, 2.75) is 0 Å². The number of amides is 1. The number of hydrogen-bond acceptors (Lipinski definition) is 8. The maximum absolute atomic E-state index is 13.7. The van der Waals surface area contributed by atoms with E-state index in [1.165, 1.54) is 18.2 Å². The quantitative estimate of drug-likeness (QED) is 0.282. The van der Waals surface area contributed by atoms with Gasteiger partial charge >= 0.3 is 0 Å². The Morgan fingerprint density at radius 2 is 1.97 bits per heavy atom. The Morgan fingerprint density at radius 3 is 2.72 bits per heavy atom. The first-order valence-corrected chi connectivity index (χ1v) is 12.6. The standard InChI is InChI=1S/C28H30FN7O3/c1-3-27(38)31-21-17-22(25(39-2)18-24(21)35-12-10-34(11-13-35)14-15-37)32-28-30-8-6-26(33-28)36-9-7-19-16-20(29)4-5-23(19)36/h3-9,16-18,37H,1,10-15H2,2H3,(H,31,38)(H,30,32,33). The Balaban J connectivity index is 1.46. The summed E-state index contributed by atoms with van der Waals surface area (Å²) in [6.45, 7) is 7.37. The van der Waals surface area contributed by atoms with E-state index in [0.29, 0.717) is 35.4 Å². The first-order valence-electron chi connectivity index (χ1n) is 12.6. The van der Waals surface area contributed by atoms with Crippen LogP contribution < -0.4 is 20.3 Å². The second kappa shape index (κ2) is 11.5. The topological polar surface area (TPSA) is 108 Å². The van der Waals surface area contributed by atoms with Crippen LogP contribution in [0.1, 0.15) is 0 Å². The smallest absolute Gasteiger partial charge is 0.247 e. The van der Waals surface area contributed by atoms with Crippen molar-refractivity contribution in [1.29, 1.82) is 0 Å². The number of ether oxygens (including phenoxy) is 1. The van der Waals surface area contributed by atoms with Crippen LogP contribution in [0.2, 0.25) is 0 Å². The molecule has 10 nitrogen and oxygen atoms in total. The minimum Gasteiger partial charge on any atom is -0.494 e. The zero-order valence-corrected chi connectivity index (χ0v) is 21.6. The fourth-order valence-corrected chi connectivity index (χ4v) is 4.71. The molecule has 1 aliphatic heterocycles. The summed E-state index contributed by atoms with van der Waals surface area (Å²) < 4.78 is 21.2. The molecule has 1 aliphatic rings. The molecule has 39 heavy (non-hydrogen) atoms. The molecule has 3 N–H and O–H groups in total. The van der Waals surface area contributed by atoms with Crippen molar-refractivity contribution < 1.29 is 19.0 Å². The van der Waals surface area contributed by atoms with Gasteiger partial charge in [0.25, 0.3) is 0 Å². The number of benzene rings is 2. The summed E-state index contributed by atoms with van der Waals surface area (Å²) in [5.74, 6) is 0.842. The summed E-state index contributed by atoms with van der Waals surface area (Å²) in [7, 11) is 1.58. The maximum atomic E-state index is 13.7. The zero-order valence-electron chi connectivity index (χ0n) is 21.6. The minimum atomic E-state index is -0.333. The number of aliphatic hydroxyl groups excluding tert-OH is 1. The molecule has 0 saturated carbocycles. The van der Waals surface area contributed by atoms with E-state index in [2.05, 4.69) is 37.0 Å². The minimum absolute atomic E-state index is 0.122. The van der Waals surface area contributed by atoms with E-state index in [1.54, 1.807) is 31.5 Å². The number of nitrogens with one attached hydrogen (secondary N) is 2. The predicted molar refractivity (Wildman–Crippen MR) is 150 cm³/mol. The number of β-amino-alcohol motifs (C(OH)–C–C–N with tert-alkyl or cyclic N) is 1. The number of aromatic nitrogens is 3. The molecule has 1 fully saturated rings. The zero-order chi connectivity index (χ0) is 27.4. The molecule has 0 aliphatic carbocycles. The van der Waals surface area contributed by atoms with Crippen molar-refractivity contribution in [3.8, 4) is 11.6 Å². The third-order valence-electron chi connectivity index (χ3n) is 6.68. The number of aliphatic hydroxyl groups is 1. The third kappa shape index (κ3) is 5.69. The second-order valence-corrected chi connectivity index (χ2v) is 9.07. The summed E-state index contributed by atoms with van der Waals surface area (Å²) in [5.41, 5.74) is 2.79. The Bertz CT molecular complexity index is 1500. The van der Waals surface area contributed by atoms with Gasteiger partial charge in [0, 0.05) is 56.6 Å². The fourth-order valence-electron chi connectivity index (χ4n) is 4.71. The molecule has 0 atom stereocenters. The van der Waals surface area contributed by atoms with E-state index in [-0.39, 0.29) is 18.3 Å². The van der Waals surface area contributed by atoms with Crippen LogP contribution in [0.4, 0.5) is 27.4 Å². The van der Waals surface area contributed by atoms with Crippen molar-refractivity contribution >= 4 is 39.8 Å². The molecule has 0 radical (unpaired) electrons. The predicted octanol–water partition coefficient (Wildman–Crippen LogP) is 3.55. The summed E-state index contributed by atoms with van der Waals surface area (Å²) >= 11 is 0. The molecule has 0 bridgehead atoms. The number of anilines is 4. The molecule has 2 aromatic carbocycles. The second-order valence-electron chi connectivity index (χ2n) is 9.07. The van der Waals surface area contributed by atoms with Gasteiger partial charge < -0.3 is 29.9 Å². The highest BCUT2D eigenvalue weighted by atomic mass is 19.1. The third-order valence-corrected chi connectivity index (χ3v) is 6.68.